The van der Waals surface area contributed by atoms with E-state index in [9.17, 15) is 35.4 Å². The quantitative estimate of drug-likeness (QED) is 0.0310. The summed E-state index contributed by atoms with van der Waals surface area (Å²) in [4.78, 5) is 14.9. The summed E-state index contributed by atoms with van der Waals surface area (Å²) in [5.41, 5.74) is -0.394. The lowest BCUT2D eigenvalue weighted by atomic mass is 9.99. The van der Waals surface area contributed by atoms with Gasteiger partial charge in [-0.25, -0.2) is 0 Å². The highest BCUT2D eigenvalue weighted by molar-refractivity contribution is 5.97. The number of phenolic OH excluding ortho intramolecular Hbond substituents is 2. The van der Waals surface area contributed by atoms with Crippen molar-refractivity contribution in [3.05, 3.63) is 34.5 Å². The van der Waals surface area contributed by atoms with Crippen LogP contribution in [-0.2, 0) is 4.74 Å². The molecule has 3 aromatic rings. The Hall–Kier alpha value is -3.75. The van der Waals surface area contributed by atoms with E-state index in [-0.39, 0.29) is 65.3 Å². The molecule has 1 aliphatic rings. The van der Waals surface area contributed by atoms with Crippen LogP contribution in [0.4, 0.5) is 0 Å². The molecule has 0 saturated carbocycles. The molecule has 13 nitrogen and oxygen atoms in total. The second-order valence-corrected chi connectivity index (χ2v) is 17.5. The average Bonchev–Trinajstić information content (AvgIpc) is 3.29. The number of aliphatic hydroxyl groups excluding tert-OH is 4. The van der Waals surface area contributed by atoms with Crippen molar-refractivity contribution in [2.75, 3.05) is 26.4 Å². The van der Waals surface area contributed by atoms with E-state index < -0.39 is 48.5 Å². The lowest BCUT2D eigenvalue weighted by Crippen LogP contribution is -2.60. The number of fused-ring (bicyclic) bond motifs is 1. The molecule has 5 atom stereocenters. The predicted molar refractivity (Wildman–Crippen MR) is 250 cm³/mol. The van der Waals surface area contributed by atoms with Gasteiger partial charge in [-0.15, -0.1) is 0 Å². The van der Waals surface area contributed by atoms with Crippen LogP contribution in [0.15, 0.2) is 33.5 Å². The van der Waals surface area contributed by atoms with Crippen LogP contribution in [0.3, 0.4) is 0 Å². The number of ether oxygens (including phenoxy) is 5. The molecule has 362 valence electrons. The fraction of sp³-hybridized carbons (Fsp3) is 0.706. The van der Waals surface area contributed by atoms with Gasteiger partial charge in [0.2, 0.25) is 29.0 Å². The molecule has 1 aromatic heterocycles. The van der Waals surface area contributed by atoms with Crippen molar-refractivity contribution in [3.63, 3.8) is 0 Å². The Balaban J connectivity index is 1.80. The molecule has 0 spiro atoms. The molecule has 13 heteroatoms. The van der Waals surface area contributed by atoms with Crippen molar-refractivity contribution < 1.29 is 58.7 Å². The van der Waals surface area contributed by atoms with Crippen LogP contribution in [0.2, 0.25) is 0 Å². The van der Waals surface area contributed by atoms with Gasteiger partial charge in [0.05, 0.1) is 26.4 Å². The van der Waals surface area contributed by atoms with E-state index in [0.29, 0.717) is 24.8 Å². The minimum atomic E-state index is -1.80. The molecule has 1 aliphatic heterocycles. The van der Waals surface area contributed by atoms with E-state index in [0.717, 1.165) is 70.6 Å². The molecule has 4 rings (SSSR count). The summed E-state index contributed by atoms with van der Waals surface area (Å²) in [6.07, 6.45) is 17.1. The van der Waals surface area contributed by atoms with Gasteiger partial charge in [0.1, 0.15) is 41.1 Å². The summed E-state index contributed by atoms with van der Waals surface area (Å²) in [5.74, 6) is -1.32. The Kier molecular flexibility index (Phi) is 24.5. The van der Waals surface area contributed by atoms with Gasteiger partial charge < -0.3 is 58.7 Å². The van der Waals surface area contributed by atoms with Gasteiger partial charge in [-0.2, -0.15) is 0 Å². The van der Waals surface area contributed by atoms with Crippen LogP contribution in [0, 0.1) is 0 Å². The number of unbranched alkanes of at least 4 members (excludes halogenated alkanes) is 21. The molecule has 0 bridgehead atoms. The van der Waals surface area contributed by atoms with Crippen molar-refractivity contribution in [3.8, 4) is 45.8 Å². The molecule has 1 fully saturated rings. The predicted octanol–water partition coefficient (Wildman–Crippen LogP) is 10.6. The Labute approximate surface area is 381 Å². The summed E-state index contributed by atoms with van der Waals surface area (Å²) in [6, 6.07) is 6.05. The van der Waals surface area contributed by atoms with Crippen molar-refractivity contribution in [2.24, 2.45) is 0 Å². The van der Waals surface area contributed by atoms with Gasteiger partial charge in [-0.1, -0.05) is 168 Å². The molecule has 1 saturated heterocycles. The molecule has 0 radical (unpaired) electrons. The molecule has 3 unspecified atom stereocenters. The van der Waals surface area contributed by atoms with Crippen molar-refractivity contribution >= 4 is 11.0 Å². The standard InChI is InChI=1S/C51H80O13/c1-4-7-10-13-16-19-22-25-32-59-47-43(56)40-42(55)39(36-28-30-37(53)31-29-36)50(61-34-27-24-21-18-15-12-9-6-3)63-46(40)48(60-33-26-23-20-17-14-11-8-5-2)49(47)64-51-45(58)44(57)41(54)38(35-52)62-51/h28-31,38,41,44-45,51-54,56-58H,4-27,32-35H2,1-3H3/t38?,41-,44?,45?,51+/m1/s1. The fourth-order valence-corrected chi connectivity index (χ4v) is 8.17. The SMILES string of the molecule is CCCCCCCCCCOc1oc2c(OCCCCCCCCCC)c(O[C@@H]3OC(CO)[C@@H](O)C(O)C3O)c(OCCCCCCCCCC)c(O)c2c(=O)c1-c1ccc(O)cc1. The third kappa shape index (κ3) is 16.0. The third-order valence-electron chi connectivity index (χ3n) is 12.1. The first-order valence-electron chi connectivity index (χ1n) is 24.7. The first-order chi connectivity index (χ1) is 31.2. The zero-order valence-corrected chi connectivity index (χ0v) is 39.0. The van der Waals surface area contributed by atoms with E-state index in [4.69, 9.17) is 28.1 Å². The Bertz CT molecular complexity index is 1790. The van der Waals surface area contributed by atoms with Crippen LogP contribution in [0.25, 0.3) is 22.1 Å². The minimum absolute atomic E-state index is 0.00135. The fourth-order valence-electron chi connectivity index (χ4n) is 8.17. The molecule has 6 N–H and O–H groups in total. The van der Waals surface area contributed by atoms with E-state index in [1.165, 1.54) is 76.3 Å². The smallest absolute Gasteiger partial charge is 0.297 e. The maximum absolute atomic E-state index is 14.9. The highest BCUT2D eigenvalue weighted by Crippen LogP contribution is 2.52. The van der Waals surface area contributed by atoms with Gasteiger partial charge in [0.15, 0.2) is 11.3 Å². The summed E-state index contributed by atoms with van der Waals surface area (Å²) in [5, 5.41) is 64.5. The summed E-state index contributed by atoms with van der Waals surface area (Å²) < 4.78 is 37.7. The van der Waals surface area contributed by atoms with Gasteiger partial charge in [0.25, 0.3) is 5.95 Å². The zero-order valence-electron chi connectivity index (χ0n) is 39.0. The first-order valence-corrected chi connectivity index (χ1v) is 24.7. The maximum atomic E-state index is 14.9. The molecule has 64 heavy (non-hydrogen) atoms. The largest absolute Gasteiger partial charge is 0.508 e. The maximum Gasteiger partial charge on any atom is 0.297 e. The van der Waals surface area contributed by atoms with E-state index in [2.05, 4.69) is 20.8 Å². The van der Waals surface area contributed by atoms with Gasteiger partial charge in [-0.05, 0) is 37.0 Å². The highest BCUT2D eigenvalue weighted by Gasteiger charge is 2.46. The van der Waals surface area contributed by atoms with Crippen molar-refractivity contribution in [1.82, 2.24) is 0 Å². The minimum Gasteiger partial charge on any atom is -0.508 e. The molecule has 2 heterocycles. The molecule has 0 amide bonds. The Morgan fingerprint density at radius 3 is 1.48 bits per heavy atom. The number of aliphatic hydroxyl groups is 4. The monoisotopic (exact) mass is 901 g/mol. The number of aromatic hydroxyl groups is 2. The number of hydrogen-bond acceptors (Lipinski definition) is 13. The van der Waals surface area contributed by atoms with E-state index >= 15 is 0 Å². The van der Waals surface area contributed by atoms with Gasteiger partial charge >= 0.3 is 0 Å². The number of phenols is 2. The summed E-state index contributed by atoms with van der Waals surface area (Å²) in [6.45, 7) is 6.42. The van der Waals surface area contributed by atoms with Crippen LogP contribution in [0.5, 0.6) is 34.7 Å². The molecule has 2 aromatic carbocycles. The zero-order chi connectivity index (χ0) is 46.1. The van der Waals surface area contributed by atoms with Crippen LogP contribution >= 0.6 is 0 Å². The molecular formula is C51H80O13. The van der Waals surface area contributed by atoms with Crippen LogP contribution < -0.4 is 24.4 Å². The van der Waals surface area contributed by atoms with E-state index in [1.54, 1.807) is 12.1 Å². The number of hydrogen-bond donors (Lipinski definition) is 6. The average molecular weight is 901 g/mol. The normalized spacial score (nSPS) is 18.7. The highest BCUT2D eigenvalue weighted by atomic mass is 16.7. The number of benzene rings is 2. The lowest BCUT2D eigenvalue weighted by molar-refractivity contribution is -0.277. The van der Waals surface area contributed by atoms with Crippen molar-refractivity contribution in [2.45, 2.75) is 206 Å². The first kappa shape index (κ1) is 52.9. The van der Waals surface area contributed by atoms with E-state index in [1.807, 2.05) is 0 Å². The second-order valence-electron chi connectivity index (χ2n) is 17.5. The van der Waals surface area contributed by atoms with Crippen LogP contribution in [0.1, 0.15) is 175 Å². The lowest BCUT2D eigenvalue weighted by Gasteiger charge is -2.39. The Morgan fingerprint density at radius 2 is 1.00 bits per heavy atom. The second kappa shape index (κ2) is 29.7. The topological polar surface area (TPSA) is 198 Å². The van der Waals surface area contributed by atoms with Gasteiger partial charge in [0, 0.05) is 0 Å². The summed E-state index contributed by atoms with van der Waals surface area (Å²) >= 11 is 0. The van der Waals surface area contributed by atoms with Crippen molar-refractivity contribution in [1.29, 1.82) is 0 Å². The van der Waals surface area contributed by atoms with Gasteiger partial charge in [-0.3, -0.25) is 4.79 Å². The Morgan fingerprint density at radius 1 is 0.547 bits per heavy atom. The summed E-state index contributed by atoms with van der Waals surface area (Å²) in [7, 11) is 0. The molecular weight excluding hydrogens is 821 g/mol. The number of rotatable bonds is 34. The van der Waals surface area contributed by atoms with Crippen LogP contribution in [-0.4, -0.2) is 87.8 Å². The molecule has 0 aliphatic carbocycles. The third-order valence-corrected chi connectivity index (χ3v) is 12.1.